The van der Waals surface area contributed by atoms with Gasteiger partial charge in [-0.25, -0.2) is 18.2 Å². The number of amides is 1. The number of ether oxygens (including phenoxy) is 1. The molecule has 0 radical (unpaired) electrons. The summed E-state index contributed by atoms with van der Waals surface area (Å²) in [5, 5.41) is 10.2. The molecule has 2 aromatic rings. The molecule has 1 fully saturated rings. The summed E-state index contributed by atoms with van der Waals surface area (Å²) < 4.78 is 31.8. The van der Waals surface area contributed by atoms with Gasteiger partial charge in [0.2, 0.25) is 14.2 Å². The Balaban J connectivity index is 1.74. The number of hydrogen-bond acceptors (Lipinski definition) is 8. The van der Waals surface area contributed by atoms with Crippen molar-refractivity contribution in [3.8, 4) is 0 Å². The molecule has 0 saturated carbocycles. The second-order valence-corrected chi connectivity index (χ2v) is 11.0. The van der Waals surface area contributed by atoms with E-state index in [2.05, 4.69) is 4.98 Å². The van der Waals surface area contributed by atoms with Crippen LogP contribution < -0.4 is 0 Å². The van der Waals surface area contributed by atoms with E-state index >= 15 is 0 Å². The Morgan fingerprint density at radius 3 is 2.54 bits per heavy atom. The van der Waals surface area contributed by atoms with Gasteiger partial charge < -0.3 is 9.64 Å². The molecule has 11 heteroatoms. The first-order valence-electron chi connectivity index (χ1n) is 8.74. The Bertz CT molecular complexity index is 1020. The highest BCUT2D eigenvalue weighted by Crippen LogP contribution is 2.32. The number of rotatable bonds is 3. The number of carbonyl (C=O) groups excluding carboxylic acids is 1. The fourth-order valence-corrected chi connectivity index (χ4v) is 6.11. The lowest BCUT2D eigenvalue weighted by Crippen LogP contribution is -2.44. The number of nitro groups is 1. The predicted molar refractivity (Wildman–Crippen MR) is 104 cm³/mol. The van der Waals surface area contributed by atoms with E-state index in [0.717, 1.165) is 11.3 Å². The van der Waals surface area contributed by atoms with Crippen LogP contribution in [0.15, 0.2) is 22.5 Å². The number of likely N-dealkylation sites (tertiary alicyclic amines) is 1. The summed E-state index contributed by atoms with van der Waals surface area (Å²) in [6.07, 6.45) is 0.130. The molecule has 9 nitrogen and oxygen atoms in total. The topological polar surface area (TPSA) is 120 Å². The van der Waals surface area contributed by atoms with Gasteiger partial charge in [-0.3, -0.25) is 10.1 Å². The number of sulfone groups is 1. The van der Waals surface area contributed by atoms with Crippen molar-refractivity contribution >= 4 is 43.2 Å². The van der Waals surface area contributed by atoms with E-state index < -0.39 is 31.7 Å². The molecule has 1 amide bonds. The molecule has 0 unspecified atom stereocenters. The molecule has 1 aromatic heterocycles. The smallest absolute Gasteiger partial charge is 0.410 e. The maximum atomic E-state index is 13.0. The van der Waals surface area contributed by atoms with Gasteiger partial charge in [-0.05, 0) is 39.7 Å². The average Bonchev–Trinajstić information content (AvgIpc) is 3.04. The summed E-state index contributed by atoms with van der Waals surface area (Å²) in [6, 6.07) is 4.11. The van der Waals surface area contributed by atoms with Crippen molar-refractivity contribution in [1.82, 2.24) is 9.88 Å². The van der Waals surface area contributed by atoms with Crippen LogP contribution in [-0.4, -0.2) is 53.3 Å². The molecule has 1 aromatic carbocycles. The van der Waals surface area contributed by atoms with Crippen LogP contribution in [0.1, 0.15) is 33.6 Å². The Labute approximate surface area is 166 Å². The summed E-state index contributed by atoms with van der Waals surface area (Å²) in [4.78, 5) is 28.1. The summed E-state index contributed by atoms with van der Waals surface area (Å²) in [5.41, 5.74) is -0.444. The first kappa shape index (κ1) is 20.5. The Morgan fingerprint density at radius 1 is 1.32 bits per heavy atom. The molecular formula is C17H21N3O6S2. The number of thiazole rings is 1. The number of fused-ring (bicyclic) bond motifs is 1. The molecule has 1 saturated heterocycles. The van der Waals surface area contributed by atoms with Gasteiger partial charge in [0.15, 0.2) is 0 Å². The van der Waals surface area contributed by atoms with Crippen molar-refractivity contribution in [2.75, 3.05) is 13.1 Å². The molecule has 1 aliphatic rings. The zero-order chi connectivity index (χ0) is 20.7. The number of aromatic nitrogens is 1. The minimum atomic E-state index is -3.68. The predicted octanol–water partition coefficient (Wildman–Crippen LogP) is 3.38. The quantitative estimate of drug-likeness (QED) is 0.544. The van der Waals surface area contributed by atoms with Gasteiger partial charge in [0.25, 0.3) is 5.69 Å². The van der Waals surface area contributed by atoms with E-state index in [1.54, 1.807) is 20.8 Å². The fourth-order valence-electron chi connectivity index (χ4n) is 2.95. The number of nitrogens with zero attached hydrogens (tertiary/aromatic N) is 3. The van der Waals surface area contributed by atoms with E-state index in [0.29, 0.717) is 10.2 Å². The van der Waals surface area contributed by atoms with Crippen molar-refractivity contribution in [3.05, 3.63) is 28.3 Å². The molecule has 1 aliphatic heterocycles. The molecule has 0 bridgehead atoms. The van der Waals surface area contributed by atoms with Crippen LogP contribution in [0.3, 0.4) is 0 Å². The summed E-state index contributed by atoms with van der Waals surface area (Å²) in [5.74, 6) is 0. The van der Waals surface area contributed by atoms with E-state index in [1.165, 1.54) is 23.1 Å². The molecule has 3 rings (SSSR count). The Morgan fingerprint density at radius 2 is 1.96 bits per heavy atom. The average molecular weight is 428 g/mol. The lowest BCUT2D eigenvalue weighted by molar-refractivity contribution is -0.384. The molecule has 0 spiro atoms. The van der Waals surface area contributed by atoms with E-state index in [-0.39, 0.29) is 36.0 Å². The van der Waals surface area contributed by atoms with Crippen molar-refractivity contribution < 1.29 is 22.9 Å². The zero-order valence-corrected chi connectivity index (χ0v) is 17.4. The van der Waals surface area contributed by atoms with Crippen molar-refractivity contribution in [2.24, 2.45) is 0 Å². The normalized spacial score (nSPS) is 16.3. The SMILES string of the molecule is CC(C)(C)OC(=O)N1CCC(S(=O)(=O)c2nc3cc([N+](=O)[O-])ccc3s2)CC1. The summed E-state index contributed by atoms with van der Waals surface area (Å²) in [7, 11) is -3.68. The second kappa shape index (κ2) is 7.28. The van der Waals surface area contributed by atoms with E-state index in [1.807, 2.05) is 0 Å². The molecule has 152 valence electrons. The highest BCUT2D eigenvalue weighted by atomic mass is 32.2. The molecule has 0 N–H and O–H groups in total. The molecule has 0 aliphatic carbocycles. The van der Waals surface area contributed by atoms with Crippen LogP contribution in [0, 0.1) is 10.1 Å². The third-order valence-electron chi connectivity index (χ3n) is 4.34. The van der Waals surface area contributed by atoms with Gasteiger partial charge in [0, 0.05) is 25.2 Å². The highest BCUT2D eigenvalue weighted by Gasteiger charge is 2.36. The van der Waals surface area contributed by atoms with Gasteiger partial charge in [-0.2, -0.15) is 0 Å². The Hall–Kier alpha value is -2.27. The monoisotopic (exact) mass is 427 g/mol. The first-order chi connectivity index (χ1) is 13.0. The van der Waals surface area contributed by atoms with Crippen LogP contribution in [0.5, 0.6) is 0 Å². The zero-order valence-electron chi connectivity index (χ0n) is 15.7. The number of nitro benzene ring substituents is 1. The maximum Gasteiger partial charge on any atom is 0.410 e. The van der Waals surface area contributed by atoms with Crippen LogP contribution in [0.2, 0.25) is 0 Å². The minimum Gasteiger partial charge on any atom is -0.444 e. The van der Waals surface area contributed by atoms with Crippen molar-refractivity contribution in [3.63, 3.8) is 0 Å². The number of non-ortho nitro benzene ring substituents is 1. The lowest BCUT2D eigenvalue weighted by atomic mass is 10.1. The second-order valence-electron chi connectivity index (χ2n) is 7.60. The summed E-state index contributed by atoms with van der Waals surface area (Å²) >= 11 is 1.01. The molecule has 0 atom stereocenters. The minimum absolute atomic E-state index is 0.0429. The van der Waals surface area contributed by atoms with Gasteiger partial charge in [-0.15, -0.1) is 11.3 Å². The number of carbonyl (C=O) groups is 1. The third-order valence-corrected chi connectivity index (χ3v) is 8.04. The third kappa shape index (κ3) is 4.25. The number of piperidine rings is 1. The standard InChI is InChI=1S/C17H21N3O6S2/c1-17(2,3)26-16(21)19-8-6-12(7-9-19)28(24,25)15-18-13-10-11(20(22)23)4-5-14(13)27-15/h4-5,10,12H,6-9H2,1-3H3. The molecular weight excluding hydrogens is 406 g/mol. The largest absolute Gasteiger partial charge is 0.444 e. The maximum absolute atomic E-state index is 13.0. The van der Waals surface area contributed by atoms with E-state index in [4.69, 9.17) is 4.74 Å². The van der Waals surface area contributed by atoms with Gasteiger partial charge in [0.05, 0.1) is 20.4 Å². The summed E-state index contributed by atoms with van der Waals surface area (Å²) in [6.45, 7) is 5.91. The van der Waals surface area contributed by atoms with Crippen LogP contribution in [0.4, 0.5) is 10.5 Å². The van der Waals surface area contributed by atoms with Crippen LogP contribution in [-0.2, 0) is 14.6 Å². The van der Waals surface area contributed by atoms with Crippen LogP contribution in [0.25, 0.3) is 10.2 Å². The van der Waals surface area contributed by atoms with Crippen LogP contribution >= 0.6 is 11.3 Å². The van der Waals surface area contributed by atoms with Gasteiger partial charge in [-0.1, -0.05) is 0 Å². The Kier molecular flexibility index (Phi) is 5.32. The van der Waals surface area contributed by atoms with E-state index in [9.17, 15) is 23.3 Å². The number of benzene rings is 1. The van der Waals surface area contributed by atoms with Crippen molar-refractivity contribution in [1.29, 1.82) is 0 Å². The van der Waals surface area contributed by atoms with Gasteiger partial charge >= 0.3 is 6.09 Å². The van der Waals surface area contributed by atoms with Gasteiger partial charge in [0.1, 0.15) is 5.60 Å². The fraction of sp³-hybridized carbons (Fsp3) is 0.529. The lowest BCUT2D eigenvalue weighted by Gasteiger charge is -2.32. The molecule has 28 heavy (non-hydrogen) atoms. The first-order valence-corrected chi connectivity index (χ1v) is 11.1. The highest BCUT2D eigenvalue weighted by molar-refractivity contribution is 7.94. The van der Waals surface area contributed by atoms with Crippen molar-refractivity contribution in [2.45, 2.75) is 48.8 Å². The molecule has 2 heterocycles. The number of hydrogen-bond donors (Lipinski definition) is 0.